The number of H-pyrrole nitrogens is 1. The summed E-state index contributed by atoms with van der Waals surface area (Å²) in [4.78, 5) is 44.0. The number of benzene rings is 3. The van der Waals surface area contributed by atoms with Gasteiger partial charge in [-0.05, 0) is 53.6 Å². The second-order valence-corrected chi connectivity index (χ2v) is 12.7. The van der Waals surface area contributed by atoms with Crippen LogP contribution in [-0.2, 0) is 34.3 Å². The maximum absolute atomic E-state index is 13.5. The van der Waals surface area contributed by atoms with E-state index in [2.05, 4.69) is 10.3 Å². The van der Waals surface area contributed by atoms with Crippen molar-refractivity contribution < 1.29 is 27.9 Å². The number of nitrogens with one attached hydrogen (secondary N) is 2. The molecule has 0 fully saturated rings. The maximum Gasteiger partial charge on any atom is 0.326 e. The molecule has 0 aliphatic carbocycles. The van der Waals surface area contributed by atoms with Crippen LogP contribution in [0.25, 0.3) is 21.8 Å². The second-order valence-electron chi connectivity index (χ2n) is 10.3. The number of aliphatic carboxylic acids is 1. The smallest absolute Gasteiger partial charge is 0.326 e. The van der Waals surface area contributed by atoms with Crippen molar-refractivity contribution in [3.8, 4) is 0 Å². The number of rotatable bonds is 7. The molecule has 214 valence electrons. The highest BCUT2D eigenvalue weighted by Gasteiger charge is 2.30. The first-order valence-electron chi connectivity index (χ1n) is 13.0. The molecule has 12 heteroatoms. The van der Waals surface area contributed by atoms with E-state index in [9.17, 15) is 27.9 Å². The Morgan fingerprint density at radius 3 is 2.62 bits per heavy atom. The van der Waals surface area contributed by atoms with Crippen LogP contribution in [0.5, 0.6) is 0 Å². The van der Waals surface area contributed by atoms with Gasteiger partial charge in [-0.2, -0.15) is 0 Å². The topological polar surface area (TPSA) is 142 Å². The Kier molecular flexibility index (Phi) is 6.78. The number of aromatic amines is 1. The fourth-order valence-corrected chi connectivity index (χ4v) is 6.52. The Labute approximate surface area is 245 Å². The summed E-state index contributed by atoms with van der Waals surface area (Å²) in [5.41, 5.74) is 3.50. The van der Waals surface area contributed by atoms with Crippen molar-refractivity contribution in [3.63, 3.8) is 0 Å². The SMILES string of the molecule is CS(=O)(=O)c1cccc(C[C@H](NC(=O)c2c(Cl)cc3c4c2ccn4CN(C(=O)c2cccc4[nH]ccc24)C3)C(=O)O)c1. The molecule has 3 heterocycles. The van der Waals surface area contributed by atoms with Gasteiger partial charge >= 0.3 is 5.97 Å². The molecule has 2 amide bonds. The quantitative estimate of drug-likeness (QED) is 0.254. The third kappa shape index (κ3) is 4.90. The van der Waals surface area contributed by atoms with Crippen molar-refractivity contribution in [1.29, 1.82) is 0 Å². The minimum Gasteiger partial charge on any atom is -0.480 e. The normalized spacial score (nSPS) is 13.8. The number of aromatic nitrogens is 2. The minimum atomic E-state index is -3.49. The molecule has 0 radical (unpaired) electrons. The van der Waals surface area contributed by atoms with Gasteiger partial charge in [-0.25, -0.2) is 13.2 Å². The van der Waals surface area contributed by atoms with E-state index in [1.54, 1.807) is 41.6 Å². The zero-order valence-corrected chi connectivity index (χ0v) is 23.9. The number of hydrogen-bond donors (Lipinski definition) is 3. The fourth-order valence-electron chi connectivity index (χ4n) is 5.51. The van der Waals surface area contributed by atoms with Crippen LogP contribution in [-0.4, -0.2) is 58.1 Å². The first kappa shape index (κ1) is 27.6. The van der Waals surface area contributed by atoms with Crippen molar-refractivity contribution in [1.82, 2.24) is 19.8 Å². The van der Waals surface area contributed by atoms with Gasteiger partial charge in [0, 0.05) is 53.5 Å². The Morgan fingerprint density at radius 1 is 1.07 bits per heavy atom. The first-order valence-corrected chi connectivity index (χ1v) is 15.3. The van der Waals surface area contributed by atoms with E-state index >= 15 is 0 Å². The highest BCUT2D eigenvalue weighted by molar-refractivity contribution is 7.90. The van der Waals surface area contributed by atoms with Crippen LogP contribution in [0.4, 0.5) is 0 Å². The molecule has 0 bridgehead atoms. The number of carboxylic acids is 1. The Balaban J connectivity index is 1.27. The number of hydrogen-bond acceptors (Lipinski definition) is 5. The van der Waals surface area contributed by atoms with Crippen molar-refractivity contribution in [3.05, 3.63) is 100 Å². The highest BCUT2D eigenvalue weighted by atomic mass is 35.5. The first-order chi connectivity index (χ1) is 20.0. The van der Waals surface area contributed by atoms with Crippen LogP contribution >= 0.6 is 11.6 Å². The second kappa shape index (κ2) is 10.3. The molecule has 2 aromatic heterocycles. The fraction of sp³-hybridized carbons (Fsp3) is 0.167. The predicted molar refractivity (Wildman–Crippen MR) is 157 cm³/mol. The van der Waals surface area contributed by atoms with Crippen molar-refractivity contribution in [2.24, 2.45) is 0 Å². The van der Waals surface area contributed by atoms with Gasteiger partial charge in [0.15, 0.2) is 9.84 Å². The molecular weight excluding hydrogens is 580 g/mol. The molecule has 0 saturated carbocycles. The van der Waals surface area contributed by atoms with Crippen LogP contribution in [0.3, 0.4) is 0 Å². The summed E-state index contributed by atoms with van der Waals surface area (Å²) in [7, 11) is -3.49. The molecule has 1 aliphatic heterocycles. The van der Waals surface area contributed by atoms with E-state index in [1.165, 1.54) is 18.2 Å². The van der Waals surface area contributed by atoms with Crippen LogP contribution in [0.15, 0.2) is 78.0 Å². The molecule has 3 aromatic carbocycles. The van der Waals surface area contributed by atoms with E-state index in [1.807, 2.05) is 22.8 Å². The molecule has 5 aromatic rings. The van der Waals surface area contributed by atoms with Crippen LogP contribution < -0.4 is 5.32 Å². The van der Waals surface area contributed by atoms with Crippen molar-refractivity contribution >= 4 is 61.0 Å². The molecular formula is C30H25ClN4O6S. The van der Waals surface area contributed by atoms with Gasteiger partial charge in [-0.1, -0.05) is 29.8 Å². The third-order valence-electron chi connectivity index (χ3n) is 7.47. The van der Waals surface area contributed by atoms with Gasteiger partial charge in [0.05, 0.1) is 27.7 Å². The zero-order chi connectivity index (χ0) is 29.8. The summed E-state index contributed by atoms with van der Waals surface area (Å²) in [5, 5.41) is 13.9. The highest BCUT2D eigenvalue weighted by Crippen LogP contribution is 2.35. The average molecular weight is 605 g/mol. The Morgan fingerprint density at radius 2 is 1.86 bits per heavy atom. The summed E-state index contributed by atoms with van der Waals surface area (Å²) >= 11 is 6.63. The number of carbonyl (C=O) groups excluding carboxylic acids is 2. The summed E-state index contributed by atoms with van der Waals surface area (Å²) in [6, 6.07) is 15.4. The predicted octanol–water partition coefficient (Wildman–Crippen LogP) is 4.22. The van der Waals surface area contributed by atoms with Crippen LogP contribution in [0.1, 0.15) is 31.8 Å². The van der Waals surface area contributed by atoms with Crippen LogP contribution in [0.2, 0.25) is 5.02 Å². The van der Waals surface area contributed by atoms with Crippen LogP contribution in [0, 0.1) is 0 Å². The number of amides is 2. The summed E-state index contributed by atoms with van der Waals surface area (Å²) < 4.78 is 25.7. The Bertz CT molecular complexity index is 2030. The molecule has 42 heavy (non-hydrogen) atoms. The van der Waals surface area contributed by atoms with E-state index in [0.29, 0.717) is 16.5 Å². The number of sulfone groups is 1. The largest absolute Gasteiger partial charge is 0.480 e. The third-order valence-corrected chi connectivity index (χ3v) is 8.88. The molecule has 1 atom stereocenters. The van der Waals surface area contributed by atoms with Gasteiger partial charge in [0.25, 0.3) is 11.8 Å². The molecule has 1 aliphatic rings. The van der Waals surface area contributed by atoms with E-state index in [0.717, 1.165) is 28.2 Å². The average Bonchev–Trinajstić information content (AvgIpc) is 3.60. The number of carboxylic acid groups (broad SMARTS) is 1. The van der Waals surface area contributed by atoms with Crippen molar-refractivity contribution in [2.75, 3.05) is 6.26 Å². The van der Waals surface area contributed by atoms with E-state index in [4.69, 9.17) is 11.6 Å². The number of carbonyl (C=O) groups is 3. The molecule has 0 spiro atoms. The molecule has 10 nitrogen and oxygen atoms in total. The van der Waals surface area contributed by atoms with Gasteiger partial charge in [-0.15, -0.1) is 0 Å². The molecule has 3 N–H and O–H groups in total. The number of nitrogens with zero attached hydrogens (tertiary/aromatic N) is 2. The standard InChI is InChI=1S/C30H25ClN4O6S/c1-42(40,41)19-5-2-4-17(12-19)13-25(30(38)39)33-28(36)26-22-9-11-34-16-35(15-18(27(22)34)14-23(26)31)29(37)21-6-3-7-24-20(21)8-10-32-24/h2-12,14,25,32H,13,15-16H2,1H3,(H,33,36)(H,38,39)/t25-/m0/s1. The lowest BCUT2D eigenvalue weighted by Gasteiger charge is -2.30. The summed E-state index contributed by atoms with van der Waals surface area (Å²) in [6.07, 6.45) is 4.49. The van der Waals surface area contributed by atoms with Gasteiger partial charge in [0.1, 0.15) is 6.04 Å². The number of fused-ring (bicyclic) bond motifs is 1. The lowest BCUT2D eigenvalue weighted by atomic mass is 10.0. The van der Waals surface area contributed by atoms with Gasteiger partial charge in [0.2, 0.25) is 0 Å². The summed E-state index contributed by atoms with van der Waals surface area (Å²) in [5.74, 6) is -2.09. The van der Waals surface area contributed by atoms with Crippen molar-refractivity contribution in [2.45, 2.75) is 30.6 Å². The zero-order valence-electron chi connectivity index (χ0n) is 22.3. The lowest BCUT2D eigenvalue weighted by Crippen LogP contribution is -2.42. The minimum absolute atomic E-state index is 0.0592. The lowest BCUT2D eigenvalue weighted by molar-refractivity contribution is -0.139. The monoisotopic (exact) mass is 604 g/mol. The molecule has 0 saturated heterocycles. The maximum atomic E-state index is 13.5. The number of halogens is 1. The molecule has 6 rings (SSSR count). The van der Waals surface area contributed by atoms with E-state index < -0.39 is 27.8 Å². The summed E-state index contributed by atoms with van der Waals surface area (Å²) in [6.45, 7) is 0.531. The molecule has 0 unspecified atom stereocenters. The van der Waals surface area contributed by atoms with E-state index in [-0.39, 0.29) is 41.0 Å². The van der Waals surface area contributed by atoms with Gasteiger partial charge in [-0.3, -0.25) is 9.59 Å². The van der Waals surface area contributed by atoms with Gasteiger partial charge < -0.3 is 24.9 Å². The Hall–Kier alpha value is -4.61.